The van der Waals surface area contributed by atoms with E-state index in [0.717, 1.165) is 29.6 Å². The Balaban J connectivity index is 1.83. The molecular weight excluding hydrogens is 300 g/mol. The van der Waals surface area contributed by atoms with E-state index in [1.54, 1.807) is 20.3 Å². The average Bonchev–Trinajstić information content (AvgIpc) is 3.18. The molecule has 0 atom stereocenters. The summed E-state index contributed by atoms with van der Waals surface area (Å²) in [5.41, 5.74) is 0.844. The third-order valence-corrected chi connectivity index (χ3v) is 4.76. The molecule has 6 heteroatoms. The molecule has 2 aliphatic rings. The van der Waals surface area contributed by atoms with Crippen molar-refractivity contribution in [1.82, 2.24) is 4.90 Å². The van der Waals surface area contributed by atoms with E-state index >= 15 is 0 Å². The summed E-state index contributed by atoms with van der Waals surface area (Å²) in [5.74, 6) is 1.22. The summed E-state index contributed by atoms with van der Waals surface area (Å²) in [4.78, 5) is 19.1. The van der Waals surface area contributed by atoms with E-state index in [9.17, 15) is 4.79 Å². The number of amidine groups is 1. The molecule has 5 nitrogen and oxygen atoms in total. The van der Waals surface area contributed by atoms with Crippen LogP contribution in [0.3, 0.4) is 0 Å². The Labute approximate surface area is 134 Å². The highest BCUT2D eigenvalue weighted by molar-refractivity contribution is 8.18. The van der Waals surface area contributed by atoms with E-state index < -0.39 is 0 Å². The van der Waals surface area contributed by atoms with Crippen LogP contribution in [0.4, 0.5) is 0 Å². The maximum Gasteiger partial charge on any atom is 0.286 e. The third kappa shape index (κ3) is 2.97. The normalized spacial score (nSPS) is 19.7. The van der Waals surface area contributed by atoms with E-state index in [0.29, 0.717) is 10.7 Å². The van der Waals surface area contributed by atoms with Crippen LogP contribution in [0.25, 0.3) is 6.08 Å². The number of amides is 1. The van der Waals surface area contributed by atoms with Crippen molar-refractivity contribution < 1.29 is 14.3 Å². The lowest BCUT2D eigenvalue weighted by Gasteiger charge is -2.14. The Morgan fingerprint density at radius 3 is 2.68 bits per heavy atom. The standard InChI is InChI=1S/C16H18N2O3S/c1-20-12-6-5-11(13(10-12)21-2)9-14-15(19)17-16(22-14)18-7-3-4-8-18/h5-6,9-10H,3-4,7-8H2,1-2H3/b14-9+. The molecule has 0 saturated carbocycles. The number of aliphatic imine (C=N–C) groups is 1. The Bertz CT molecular complexity index is 649. The highest BCUT2D eigenvalue weighted by atomic mass is 32.2. The molecule has 0 aliphatic carbocycles. The van der Waals surface area contributed by atoms with E-state index in [1.165, 1.54) is 24.6 Å². The largest absolute Gasteiger partial charge is 0.497 e. The van der Waals surface area contributed by atoms with E-state index in [2.05, 4.69) is 9.89 Å². The van der Waals surface area contributed by atoms with Gasteiger partial charge >= 0.3 is 0 Å². The first kappa shape index (κ1) is 15.0. The van der Waals surface area contributed by atoms with Crippen LogP contribution in [-0.2, 0) is 4.79 Å². The highest BCUT2D eigenvalue weighted by Crippen LogP contribution is 2.34. The van der Waals surface area contributed by atoms with Gasteiger partial charge in [0.15, 0.2) is 5.17 Å². The summed E-state index contributed by atoms with van der Waals surface area (Å²) in [6, 6.07) is 5.53. The second-order valence-corrected chi connectivity index (χ2v) is 6.12. The van der Waals surface area contributed by atoms with Crippen molar-refractivity contribution in [2.45, 2.75) is 12.8 Å². The third-order valence-electron chi connectivity index (χ3n) is 3.71. The molecule has 1 fully saturated rings. The van der Waals surface area contributed by atoms with Gasteiger partial charge in [0.1, 0.15) is 11.5 Å². The molecule has 0 bridgehead atoms. The van der Waals surface area contributed by atoms with Crippen molar-refractivity contribution in [3.8, 4) is 11.5 Å². The summed E-state index contributed by atoms with van der Waals surface area (Å²) in [7, 11) is 3.21. The minimum Gasteiger partial charge on any atom is -0.497 e. The second kappa shape index (κ2) is 6.44. The van der Waals surface area contributed by atoms with Gasteiger partial charge < -0.3 is 14.4 Å². The summed E-state index contributed by atoms with van der Waals surface area (Å²) < 4.78 is 10.6. The first-order valence-corrected chi connectivity index (χ1v) is 8.02. The van der Waals surface area contributed by atoms with Gasteiger partial charge in [-0.05, 0) is 42.8 Å². The van der Waals surface area contributed by atoms with Crippen molar-refractivity contribution >= 4 is 28.9 Å². The summed E-state index contributed by atoms with van der Waals surface area (Å²) in [6.45, 7) is 1.97. The fraction of sp³-hybridized carbons (Fsp3) is 0.375. The lowest BCUT2D eigenvalue weighted by Crippen LogP contribution is -2.23. The van der Waals surface area contributed by atoms with Gasteiger partial charge in [-0.15, -0.1) is 0 Å². The number of nitrogens with zero attached hydrogens (tertiary/aromatic N) is 2. The van der Waals surface area contributed by atoms with Crippen molar-refractivity contribution in [2.75, 3.05) is 27.3 Å². The molecular formula is C16H18N2O3S. The van der Waals surface area contributed by atoms with E-state index in [1.807, 2.05) is 18.2 Å². The molecule has 1 aromatic rings. The van der Waals surface area contributed by atoms with Crippen LogP contribution in [0.2, 0.25) is 0 Å². The van der Waals surface area contributed by atoms with Crippen LogP contribution >= 0.6 is 11.8 Å². The molecule has 3 rings (SSSR count). The molecule has 1 aromatic carbocycles. The molecule has 116 valence electrons. The van der Waals surface area contributed by atoms with Gasteiger partial charge in [0.25, 0.3) is 5.91 Å². The fourth-order valence-corrected chi connectivity index (χ4v) is 3.48. The van der Waals surface area contributed by atoms with Crippen molar-refractivity contribution in [2.24, 2.45) is 4.99 Å². The number of hydrogen-bond acceptors (Lipinski definition) is 5. The SMILES string of the molecule is COc1ccc(/C=C2/SC(N3CCCC3)=NC2=O)c(OC)c1. The molecule has 0 aromatic heterocycles. The minimum absolute atomic E-state index is 0.176. The number of carbonyl (C=O) groups excluding carboxylic acids is 1. The Morgan fingerprint density at radius 2 is 2.00 bits per heavy atom. The molecule has 0 spiro atoms. The fourth-order valence-electron chi connectivity index (χ4n) is 2.52. The van der Waals surface area contributed by atoms with Crippen molar-refractivity contribution in [3.05, 3.63) is 28.7 Å². The highest BCUT2D eigenvalue weighted by Gasteiger charge is 2.27. The van der Waals surface area contributed by atoms with Crippen LogP contribution in [0.5, 0.6) is 11.5 Å². The van der Waals surface area contributed by atoms with Gasteiger partial charge in [-0.2, -0.15) is 4.99 Å². The lowest BCUT2D eigenvalue weighted by molar-refractivity contribution is -0.113. The predicted molar refractivity (Wildman–Crippen MR) is 88.4 cm³/mol. The predicted octanol–water partition coefficient (Wildman–Crippen LogP) is 2.77. The monoisotopic (exact) mass is 318 g/mol. The number of methoxy groups -OCH3 is 2. The zero-order valence-electron chi connectivity index (χ0n) is 12.7. The van der Waals surface area contributed by atoms with E-state index in [4.69, 9.17) is 9.47 Å². The maximum atomic E-state index is 12.1. The molecule has 2 heterocycles. The zero-order valence-corrected chi connectivity index (χ0v) is 13.5. The minimum atomic E-state index is -0.176. The summed E-state index contributed by atoms with van der Waals surface area (Å²) >= 11 is 1.44. The second-order valence-electron chi connectivity index (χ2n) is 5.11. The topological polar surface area (TPSA) is 51.1 Å². The van der Waals surface area contributed by atoms with Crippen LogP contribution in [-0.4, -0.2) is 43.3 Å². The molecule has 2 aliphatic heterocycles. The molecule has 22 heavy (non-hydrogen) atoms. The van der Waals surface area contributed by atoms with Crippen LogP contribution in [0, 0.1) is 0 Å². The molecule has 0 unspecified atom stereocenters. The number of carbonyl (C=O) groups is 1. The zero-order chi connectivity index (χ0) is 15.5. The Morgan fingerprint density at radius 1 is 1.23 bits per heavy atom. The van der Waals surface area contributed by atoms with Gasteiger partial charge in [0, 0.05) is 24.7 Å². The molecule has 0 N–H and O–H groups in total. The lowest BCUT2D eigenvalue weighted by atomic mass is 10.1. The van der Waals surface area contributed by atoms with E-state index in [-0.39, 0.29) is 5.91 Å². The number of likely N-dealkylation sites (tertiary alicyclic amines) is 1. The quantitative estimate of drug-likeness (QED) is 0.802. The maximum absolute atomic E-state index is 12.1. The number of thioether (sulfide) groups is 1. The van der Waals surface area contributed by atoms with Gasteiger partial charge in [-0.1, -0.05) is 0 Å². The molecule has 1 amide bonds. The number of hydrogen-bond donors (Lipinski definition) is 0. The molecule has 0 radical (unpaired) electrons. The Hall–Kier alpha value is -1.95. The molecule has 1 saturated heterocycles. The number of benzene rings is 1. The van der Waals surface area contributed by atoms with Gasteiger partial charge in [-0.3, -0.25) is 4.79 Å². The van der Waals surface area contributed by atoms with Gasteiger partial charge in [0.05, 0.1) is 19.1 Å². The first-order chi connectivity index (χ1) is 10.7. The number of ether oxygens (including phenoxy) is 2. The summed E-state index contributed by atoms with van der Waals surface area (Å²) in [5, 5.41) is 0.821. The first-order valence-electron chi connectivity index (χ1n) is 7.21. The summed E-state index contributed by atoms with van der Waals surface area (Å²) in [6.07, 6.45) is 4.16. The van der Waals surface area contributed by atoms with Crippen LogP contribution < -0.4 is 9.47 Å². The van der Waals surface area contributed by atoms with Crippen molar-refractivity contribution in [3.63, 3.8) is 0 Å². The van der Waals surface area contributed by atoms with Crippen molar-refractivity contribution in [1.29, 1.82) is 0 Å². The number of rotatable bonds is 3. The smallest absolute Gasteiger partial charge is 0.286 e. The van der Waals surface area contributed by atoms with Gasteiger partial charge in [-0.25, -0.2) is 0 Å². The Kier molecular flexibility index (Phi) is 4.38. The average molecular weight is 318 g/mol. The van der Waals surface area contributed by atoms with Crippen LogP contribution in [0.15, 0.2) is 28.1 Å². The van der Waals surface area contributed by atoms with Crippen LogP contribution in [0.1, 0.15) is 18.4 Å². The van der Waals surface area contributed by atoms with Gasteiger partial charge in [0.2, 0.25) is 0 Å².